The summed E-state index contributed by atoms with van der Waals surface area (Å²) in [4.78, 5) is 0. The van der Waals surface area contributed by atoms with E-state index in [1.165, 1.54) is 6.42 Å². The highest BCUT2D eigenvalue weighted by Crippen LogP contribution is 2.18. The zero-order valence-corrected chi connectivity index (χ0v) is 10.2. The SMILES string of the molecule is CCc1nnc(NC(C)CC(C)C)s1. The van der Waals surface area contributed by atoms with E-state index in [0.29, 0.717) is 6.04 Å². The molecule has 1 atom stereocenters. The summed E-state index contributed by atoms with van der Waals surface area (Å²) in [7, 11) is 0. The van der Waals surface area contributed by atoms with Crippen LogP contribution in [0.15, 0.2) is 0 Å². The van der Waals surface area contributed by atoms with Crippen molar-refractivity contribution in [1.29, 1.82) is 0 Å². The highest BCUT2D eigenvalue weighted by Gasteiger charge is 2.07. The Kier molecular flexibility index (Phi) is 4.32. The van der Waals surface area contributed by atoms with Crippen molar-refractivity contribution in [3.05, 3.63) is 5.01 Å². The van der Waals surface area contributed by atoms with Crippen LogP contribution in [0.1, 0.15) is 39.1 Å². The van der Waals surface area contributed by atoms with Crippen LogP contribution in [0.5, 0.6) is 0 Å². The Labute approximate surface area is 89.9 Å². The molecule has 0 spiro atoms. The molecule has 0 aliphatic heterocycles. The van der Waals surface area contributed by atoms with E-state index in [0.717, 1.165) is 22.5 Å². The van der Waals surface area contributed by atoms with E-state index < -0.39 is 0 Å². The van der Waals surface area contributed by atoms with Gasteiger partial charge in [0.2, 0.25) is 5.13 Å². The van der Waals surface area contributed by atoms with E-state index in [-0.39, 0.29) is 0 Å². The van der Waals surface area contributed by atoms with Gasteiger partial charge in [-0.15, -0.1) is 10.2 Å². The molecule has 0 amide bonds. The summed E-state index contributed by atoms with van der Waals surface area (Å²) in [5.74, 6) is 0.719. The lowest BCUT2D eigenvalue weighted by Crippen LogP contribution is -2.17. The van der Waals surface area contributed by atoms with E-state index in [2.05, 4.69) is 43.2 Å². The molecule has 1 rings (SSSR count). The lowest BCUT2D eigenvalue weighted by atomic mass is 10.1. The summed E-state index contributed by atoms with van der Waals surface area (Å²) in [5.41, 5.74) is 0. The Morgan fingerprint density at radius 3 is 2.50 bits per heavy atom. The highest BCUT2D eigenvalue weighted by molar-refractivity contribution is 7.15. The van der Waals surface area contributed by atoms with E-state index in [4.69, 9.17) is 0 Å². The Bertz CT molecular complexity index is 270. The van der Waals surface area contributed by atoms with E-state index in [1.807, 2.05) is 0 Å². The molecule has 0 saturated carbocycles. The minimum Gasteiger partial charge on any atom is -0.358 e. The van der Waals surface area contributed by atoms with Crippen LogP contribution in [0.25, 0.3) is 0 Å². The highest BCUT2D eigenvalue weighted by atomic mass is 32.1. The maximum Gasteiger partial charge on any atom is 0.205 e. The van der Waals surface area contributed by atoms with E-state index in [9.17, 15) is 0 Å². The third kappa shape index (κ3) is 3.62. The third-order valence-electron chi connectivity index (χ3n) is 1.96. The number of hydrogen-bond acceptors (Lipinski definition) is 4. The van der Waals surface area contributed by atoms with Crippen LogP contribution in [0, 0.1) is 5.92 Å². The molecule has 1 unspecified atom stereocenters. The maximum absolute atomic E-state index is 4.09. The molecule has 0 fully saturated rings. The van der Waals surface area contributed by atoms with Gasteiger partial charge in [-0.25, -0.2) is 0 Å². The monoisotopic (exact) mass is 213 g/mol. The molecule has 14 heavy (non-hydrogen) atoms. The fourth-order valence-corrected chi connectivity index (χ4v) is 2.22. The van der Waals surface area contributed by atoms with Crippen molar-refractivity contribution >= 4 is 16.5 Å². The molecule has 1 aromatic rings. The number of hydrogen-bond donors (Lipinski definition) is 1. The maximum atomic E-state index is 4.09. The molecule has 0 radical (unpaired) electrons. The minimum atomic E-state index is 0.479. The van der Waals surface area contributed by atoms with Crippen LogP contribution in [0.3, 0.4) is 0 Å². The predicted octanol–water partition coefficient (Wildman–Crippen LogP) is 2.95. The molecule has 0 aliphatic carbocycles. The summed E-state index contributed by atoms with van der Waals surface area (Å²) in [6.07, 6.45) is 2.14. The summed E-state index contributed by atoms with van der Waals surface area (Å²) in [6, 6.07) is 0.479. The Hall–Kier alpha value is -0.640. The average Bonchev–Trinajstić information content (AvgIpc) is 2.50. The second kappa shape index (κ2) is 5.29. The fraction of sp³-hybridized carbons (Fsp3) is 0.800. The van der Waals surface area contributed by atoms with Gasteiger partial charge in [-0.2, -0.15) is 0 Å². The van der Waals surface area contributed by atoms with Gasteiger partial charge in [-0.1, -0.05) is 32.1 Å². The van der Waals surface area contributed by atoms with Gasteiger partial charge < -0.3 is 5.32 Å². The van der Waals surface area contributed by atoms with Crippen LogP contribution >= 0.6 is 11.3 Å². The van der Waals surface area contributed by atoms with Crippen molar-refractivity contribution in [3.63, 3.8) is 0 Å². The fourth-order valence-electron chi connectivity index (χ4n) is 1.43. The van der Waals surface area contributed by atoms with Crippen LogP contribution in [-0.4, -0.2) is 16.2 Å². The lowest BCUT2D eigenvalue weighted by molar-refractivity contribution is 0.539. The Morgan fingerprint density at radius 2 is 2.00 bits per heavy atom. The summed E-state index contributed by atoms with van der Waals surface area (Å²) in [6.45, 7) is 8.75. The molecule has 1 N–H and O–H groups in total. The van der Waals surface area contributed by atoms with Crippen LogP contribution < -0.4 is 5.32 Å². The molecule has 3 nitrogen and oxygen atoms in total. The number of rotatable bonds is 5. The molecule has 0 saturated heterocycles. The number of aromatic nitrogens is 2. The number of nitrogens with zero attached hydrogens (tertiary/aromatic N) is 2. The van der Waals surface area contributed by atoms with Crippen molar-refractivity contribution in [2.75, 3.05) is 5.32 Å². The molecule has 4 heteroatoms. The Morgan fingerprint density at radius 1 is 1.29 bits per heavy atom. The quantitative estimate of drug-likeness (QED) is 0.817. The first-order valence-corrected chi connectivity index (χ1v) is 6.02. The van der Waals surface area contributed by atoms with E-state index >= 15 is 0 Å². The van der Waals surface area contributed by atoms with Gasteiger partial charge in [0.1, 0.15) is 5.01 Å². The number of aryl methyl sites for hydroxylation is 1. The zero-order chi connectivity index (χ0) is 10.6. The first kappa shape index (κ1) is 11.4. The first-order valence-electron chi connectivity index (χ1n) is 5.20. The third-order valence-corrected chi connectivity index (χ3v) is 2.96. The Balaban J connectivity index is 2.43. The number of nitrogens with one attached hydrogen (secondary N) is 1. The predicted molar refractivity (Wildman–Crippen MR) is 61.8 cm³/mol. The second-order valence-electron chi connectivity index (χ2n) is 4.03. The summed E-state index contributed by atoms with van der Waals surface area (Å²) in [5, 5.41) is 13.6. The smallest absolute Gasteiger partial charge is 0.205 e. The molecule has 0 aliphatic rings. The van der Waals surface area contributed by atoms with Gasteiger partial charge >= 0.3 is 0 Å². The molecule has 1 aromatic heterocycles. The van der Waals surface area contributed by atoms with Crippen molar-refractivity contribution in [3.8, 4) is 0 Å². The van der Waals surface area contributed by atoms with Gasteiger partial charge in [-0.05, 0) is 25.7 Å². The lowest BCUT2D eigenvalue weighted by Gasteiger charge is -2.14. The van der Waals surface area contributed by atoms with Gasteiger partial charge in [0.25, 0.3) is 0 Å². The summed E-state index contributed by atoms with van der Waals surface area (Å²) >= 11 is 1.65. The minimum absolute atomic E-state index is 0.479. The first-order chi connectivity index (χ1) is 6.61. The van der Waals surface area contributed by atoms with Crippen molar-refractivity contribution in [2.45, 2.75) is 46.6 Å². The van der Waals surface area contributed by atoms with Gasteiger partial charge in [0.15, 0.2) is 0 Å². The topological polar surface area (TPSA) is 37.8 Å². The molecule has 80 valence electrons. The molecular formula is C10H19N3S. The zero-order valence-electron chi connectivity index (χ0n) is 9.37. The van der Waals surface area contributed by atoms with Gasteiger partial charge in [0, 0.05) is 6.04 Å². The van der Waals surface area contributed by atoms with Gasteiger partial charge in [-0.3, -0.25) is 0 Å². The normalized spacial score (nSPS) is 13.2. The van der Waals surface area contributed by atoms with Crippen molar-refractivity contribution in [1.82, 2.24) is 10.2 Å². The van der Waals surface area contributed by atoms with E-state index in [1.54, 1.807) is 11.3 Å². The standard InChI is InChI=1S/C10H19N3S/c1-5-9-12-13-10(14-9)11-8(4)6-7(2)3/h7-8H,5-6H2,1-4H3,(H,11,13). The molecule has 0 bridgehead atoms. The van der Waals surface area contributed by atoms with Crippen LogP contribution in [0.4, 0.5) is 5.13 Å². The van der Waals surface area contributed by atoms with Crippen molar-refractivity contribution in [2.24, 2.45) is 5.92 Å². The largest absolute Gasteiger partial charge is 0.358 e. The van der Waals surface area contributed by atoms with Crippen molar-refractivity contribution < 1.29 is 0 Å². The molecular weight excluding hydrogens is 194 g/mol. The average molecular weight is 213 g/mol. The van der Waals surface area contributed by atoms with Crippen LogP contribution in [-0.2, 0) is 6.42 Å². The second-order valence-corrected chi connectivity index (χ2v) is 5.09. The molecule has 1 heterocycles. The van der Waals surface area contributed by atoms with Crippen LogP contribution in [0.2, 0.25) is 0 Å². The number of anilines is 1. The van der Waals surface area contributed by atoms with Gasteiger partial charge in [0.05, 0.1) is 0 Å². The molecule has 0 aromatic carbocycles. The summed E-state index contributed by atoms with van der Waals surface area (Å²) < 4.78 is 0.